The maximum Gasteiger partial charge on any atom is 0.254 e. The summed E-state index contributed by atoms with van der Waals surface area (Å²) >= 11 is 0. The number of rotatable bonds is 5. The molecule has 0 amide bonds. The normalized spacial score (nSPS) is 11.5. The lowest BCUT2D eigenvalue weighted by atomic mass is 10.0. The molecular weight excluding hydrogens is 324 g/mol. The lowest BCUT2D eigenvalue weighted by Gasteiger charge is -2.09. The van der Waals surface area contributed by atoms with Crippen LogP contribution in [0.1, 0.15) is 54.4 Å². The summed E-state index contributed by atoms with van der Waals surface area (Å²) in [6.07, 6.45) is 2.17. The Hall–Kier alpha value is -2.56. The van der Waals surface area contributed by atoms with Crippen LogP contribution in [0.5, 0.6) is 0 Å². The van der Waals surface area contributed by atoms with Crippen LogP contribution in [0.2, 0.25) is 0 Å². The molecule has 0 aliphatic rings. The van der Waals surface area contributed by atoms with Gasteiger partial charge in [0.15, 0.2) is 0 Å². The number of H-pyrrole nitrogens is 1. The standard InChI is InChI=1S/C21H26N4O/c1-12(2)6-8-16-14(4)22-20(25-21(16)26)11-19-23-15(5)17-10-13(3)7-9-18(17)24-19/h7,9-10,12H,6,8,11H2,1-5H3,(H,22,25,26). The van der Waals surface area contributed by atoms with Gasteiger partial charge in [-0.1, -0.05) is 25.5 Å². The van der Waals surface area contributed by atoms with Gasteiger partial charge in [-0.05, 0) is 51.7 Å². The summed E-state index contributed by atoms with van der Waals surface area (Å²) in [6, 6.07) is 6.16. The number of aromatic amines is 1. The number of aromatic nitrogens is 4. The molecular formula is C21H26N4O. The second-order valence-electron chi connectivity index (χ2n) is 7.43. The van der Waals surface area contributed by atoms with E-state index < -0.39 is 0 Å². The second kappa shape index (κ2) is 7.36. The topological polar surface area (TPSA) is 71.5 Å². The maximum absolute atomic E-state index is 12.4. The van der Waals surface area contributed by atoms with E-state index in [9.17, 15) is 4.79 Å². The lowest BCUT2D eigenvalue weighted by Crippen LogP contribution is -2.20. The number of nitrogens with zero attached hydrogens (tertiary/aromatic N) is 3. The van der Waals surface area contributed by atoms with Crippen molar-refractivity contribution in [1.29, 1.82) is 0 Å². The molecule has 0 fully saturated rings. The van der Waals surface area contributed by atoms with Gasteiger partial charge in [-0.25, -0.2) is 15.0 Å². The molecule has 0 radical (unpaired) electrons. The molecule has 2 heterocycles. The van der Waals surface area contributed by atoms with E-state index in [-0.39, 0.29) is 5.56 Å². The van der Waals surface area contributed by atoms with Crippen molar-refractivity contribution >= 4 is 10.9 Å². The number of fused-ring (bicyclic) bond motifs is 1. The first-order valence-electron chi connectivity index (χ1n) is 9.16. The summed E-state index contributed by atoms with van der Waals surface area (Å²) in [4.78, 5) is 29.2. The summed E-state index contributed by atoms with van der Waals surface area (Å²) in [5.41, 5.74) is 4.61. The Kier molecular flexibility index (Phi) is 5.16. The van der Waals surface area contributed by atoms with Crippen molar-refractivity contribution < 1.29 is 0 Å². The number of hydrogen-bond donors (Lipinski definition) is 1. The number of aryl methyl sites for hydroxylation is 3. The minimum atomic E-state index is -0.0405. The van der Waals surface area contributed by atoms with Crippen LogP contribution in [-0.2, 0) is 12.8 Å². The number of nitrogens with one attached hydrogen (secondary N) is 1. The Morgan fingerprint density at radius 3 is 2.50 bits per heavy atom. The van der Waals surface area contributed by atoms with Gasteiger partial charge >= 0.3 is 0 Å². The lowest BCUT2D eigenvalue weighted by molar-refractivity contribution is 0.581. The zero-order valence-electron chi connectivity index (χ0n) is 16.2. The van der Waals surface area contributed by atoms with Crippen LogP contribution in [0.4, 0.5) is 0 Å². The van der Waals surface area contributed by atoms with Gasteiger partial charge in [0.1, 0.15) is 11.6 Å². The van der Waals surface area contributed by atoms with E-state index in [1.165, 1.54) is 5.56 Å². The van der Waals surface area contributed by atoms with Crippen molar-refractivity contribution in [3.63, 3.8) is 0 Å². The molecule has 5 nitrogen and oxygen atoms in total. The molecule has 3 rings (SSSR count). The highest BCUT2D eigenvalue weighted by molar-refractivity contribution is 5.81. The predicted molar refractivity (Wildman–Crippen MR) is 105 cm³/mol. The SMILES string of the molecule is Cc1ccc2nc(Cc3nc(C)c(CCC(C)C)c(=O)[nH]3)nc(C)c2c1. The van der Waals surface area contributed by atoms with Crippen molar-refractivity contribution in [2.75, 3.05) is 0 Å². The number of benzene rings is 1. The third-order valence-corrected chi connectivity index (χ3v) is 4.66. The minimum absolute atomic E-state index is 0.0405. The molecule has 26 heavy (non-hydrogen) atoms. The molecule has 0 aliphatic carbocycles. The summed E-state index contributed by atoms with van der Waals surface area (Å²) in [5.74, 6) is 1.86. The molecule has 1 N–H and O–H groups in total. The van der Waals surface area contributed by atoms with E-state index in [0.717, 1.165) is 40.7 Å². The second-order valence-corrected chi connectivity index (χ2v) is 7.43. The van der Waals surface area contributed by atoms with Crippen molar-refractivity contribution in [2.24, 2.45) is 5.92 Å². The molecule has 0 unspecified atom stereocenters. The fraction of sp³-hybridized carbons (Fsp3) is 0.429. The van der Waals surface area contributed by atoms with Gasteiger partial charge in [0, 0.05) is 22.3 Å². The first-order chi connectivity index (χ1) is 12.3. The largest absolute Gasteiger partial charge is 0.310 e. The number of hydrogen-bond acceptors (Lipinski definition) is 4. The smallest absolute Gasteiger partial charge is 0.254 e. The fourth-order valence-corrected chi connectivity index (χ4v) is 3.16. The molecule has 0 atom stereocenters. The highest BCUT2D eigenvalue weighted by Crippen LogP contribution is 2.18. The van der Waals surface area contributed by atoms with Crippen LogP contribution in [0, 0.1) is 26.7 Å². The Balaban J connectivity index is 1.90. The zero-order valence-corrected chi connectivity index (χ0v) is 16.2. The molecule has 136 valence electrons. The summed E-state index contributed by atoms with van der Waals surface area (Å²) < 4.78 is 0. The predicted octanol–water partition coefficient (Wildman–Crippen LogP) is 3.82. The van der Waals surface area contributed by atoms with Crippen LogP contribution >= 0.6 is 0 Å². The quantitative estimate of drug-likeness (QED) is 0.759. The molecule has 1 aromatic carbocycles. The van der Waals surface area contributed by atoms with Gasteiger partial charge in [-0.2, -0.15) is 0 Å². The van der Waals surface area contributed by atoms with Gasteiger partial charge in [0.05, 0.1) is 11.9 Å². The maximum atomic E-state index is 12.4. The van der Waals surface area contributed by atoms with Gasteiger partial charge < -0.3 is 4.98 Å². The minimum Gasteiger partial charge on any atom is -0.310 e. The zero-order chi connectivity index (χ0) is 18.8. The molecule has 0 saturated carbocycles. The summed E-state index contributed by atoms with van der Waals surface area (Å²) in [5, 5.41) is 1.07. The van der Waals surface area contributed by atoms with Gasteiger partial charge in [-0.15, -0.1) is 0 Å². The average Bonchev–Trinajstić information content (AvgIpc) is 2.54. The van der Waals surface area contributed by atoms with Crippen molar-refractivity contribution in [3.05, 3.63) is 62.7 Å². The molecule has 5 heteroatoms. The average molecular weight is 350 g/mol. The molecule has 0 saturated heterocycles. The van der Waals surface area contributed by atoms with Gasteiger partial charge in [-0.3, -0.25) is 4.79 Å². The fourth-order valence-electron chi connectivity index (χ4n) is 3.16. The van der Waals surface area contributed by atoms with Crippen LogP contribution in [0.15, 0.2) is 23.0 Å². The van der Waals surface area contributed by atoms with Crippen LogP contribution < -0.4 is 5.56 Å². The van der Waals surface area contributed by atoms with Gasteiger partial charge in [0.2, 0.25) is 0 Å². The van der Waals surface area contributed by atoms with Gasteiger partial charge in [0.25, 0.3) is 5.56 Å². The highest BCUT2D eigenvalue weighted by atomic mass is 16.1. The van der Waals surface area contributed by atoms with E-state index in [0.29, 0.717) is 24.0 Å². The van der Waals surface area contributed by atoms with Crippen molar-refractivity contribution in [3.8, 4) is 0 Å². The first kappa shape index (κ1) is 18.2. The summed E-state index contributed by atoms with van der Waals surface area (Å²) in [7, 11) is 0. The van der Waals surface area contributed by atoms with Crippen molar-refractivity contribution in [2.45, 2.75) is 53.9 Å². The Bertz CT molecular complexity index is 1000. The van der Waals surface area contributed by atoms with Crippen LogP contribution in [0.3, 0.4) is 0 Å². The van der Waals surface area contributed by atoms with Crippen molar-refractivity contribution in [1.82, 2.24) is 19.9 Å². The summed E-state index contributed by atoms with van der Waals surface area (Å²) in [6.45, 7) is 10.3. The first-order valence-corrected chi connectivity index (χ1v) is 9.16. The van der Waals surface area contributed by atoms with Crippen LogP contribution in [0.25, 0.3) is 10.9 Å². The van der Waals surface area contributed by atoms with Crippen LogP contribution in [-0.4, -0.2) is 19.9 Å². The Morgan fingerprint density at radius 1 is 1.04 bits per heavy atom. The third kappa shape index (κ3) is 3.98. The third-order valence-electron chi connectivity index (χ3n) is 4.66. The molecule has 0 spiro atoms. The molecule has 3 aromatic rings. The monoisotopic (exact) mass is 350 g/mol. The van der Waals surface area contributed by atoms with E-state index >= 15 is 0 Å². The van der Waals surface area contributed by atoms with E-state index in [4.69, 9.17) is 0 Å². The highest BCUT2D eigenvalue weighted by Gasteiger charge is 2.12. The molecule has 0 bridgehead atoms. The Labute approximate surface area is 153 Å². The molecule has 0 aliphatic heterocycles. The van der Waals surface area contributed by atoms with E-state index in [1.807, 2.05) is 26.0 Å². The van der Waals surface area contributed by atoms with E-state index in [2.05, 4.69) is 46.8 Å². The van der Waals surface area contributed by atoms with E-state index in [1.54, 1.807) is 0 Å². The Morgan fingerprint density at radius 2 is 1.81 bits per heavy atom. The molecule has 2 aromatic heterocycles.